The lowest BCUT2D eigenvalue weighted by Gasteiger charge is -2.13. The van der Waals surface area contributed by atoms with Gasteiger partial charge in [0.15, 0.2) is 5.65 Å². The average molecular weight is 447 g/mol. The highest BCUT2D eigenvalue weighted by molar-refractivity contribution is 6.20. The molecule has 4 aromatic heterocycles. The summed E-state index contributed by atoms with van der Waals surface area (Å²) in [5.41, 5.74) is 15.0. The highest BCUT2D eigenvalue weighted by Gasteiger charge is 2.28. The fourth-order valence-corrected chi connectivity index (χ4v) is 6.50. The predicted octanol–water partition coefficient (Wildman–Crippen LogP) is 6.73. The fraction of sp³-hybridized carbons (Fsp3) is 0.0645. The van der Waals surface area contributed by atoms with Gasteiger partial charge in [-0.05, 0) is 81.6 Å². The zero-order valence-electron chi connectivity index (χ0n) is 18.8. The first-order valence-corrected chi connectivity index (χ1v) is 12.0. The number of imidazole rings is 1. The second kappa shape index (κ2) is 6.10. The summed E-state index contributed by atoms with van der Waals surface area (Å²) in [6.45, 7) is 0. The molecule has 7 aromatic rings. The number of pyridine rings is 3. The quantitative estimate of drug-likeness (QED) is 0.243. The zero-order chi connectivity index (χ0) is 22.7. The smallest absolute Gasteiger partial charge is 0.178 e. The fourth-order valence-electron chi connectivity index (χ4n) is 6.50. The minimum atomic E-state index is 0.772. The monoisotopic (exact) mass is 446 g/mol. The molecule has 0 N–H and O–H groups in total. The van der Waals surface area contributed by atoms with Crippen molar-refractivity contribution in [3.63, 3.8) is 0 Å². The molecule has 0 radical (unpaired) electrons. The van der Waals surface area contributed by atoms with Crippen molar-refractivity contribution < 1.29 is 0 Å². The summed E-state index contributed by atoms with van der Waals surface area (Å²) in [4.78, 5) is 14.1. The molecule has 162 valence electrons. The van der Waals surface area contributed by atoms with E-state index in [2.05, 4.69) is 75.0 Å². The molecule has 0 aliphatic heterocycles. The lowest BCUT2D eigenvalue weighted by molar-refractivity contribution is 1.21. The van der Waals surface area contributed by atoms with Gasteiger partial charge in [-0.1, -0.05) is 42.5 Å². The largest absolute Gasteiger partial charge is 0.290 e. The molecular weight excluding hydrogens is 428 g/mol. The van der Waals surface area contributed by atoms with Crippen LogP contribution >= 0.6 is 0 Å². The topological polar surface area (TPSA) is 43.1 Å². The van der Waals surface area contributed by atoms with E-state index < -0.39 is 0 Å². The number of rotatable bonds is 0. The maximum atomic E-state index is 4.99. The van der Waals surface area contributed by atoms with E-state index in [-0.39, 0.29) is 0 Å². The Hall–Kier alpha value is -4.57. The maximum absolute atomic E-state index is 4.99. The van der Waals surface area contributed by atoms with Crippen LogP contribution in [-0.4, -0.2) is 19.4 Å². The van der Waals surface area contributed by atoms with E-state index in [1.54, 1.807) is 0 Å². The summed E-state index contributed by atoms with van der Waals surface area (Å²) in [6, 6.07) is 24.4. The van der Waals surface area contributed by atoms with Gasteiger partial charge >= 0.3 is 0 Å². The van der Waals surface area contributed by atoms with Gasteiger partial charge in [0.2, 0.25) is 0 Å². The SMILES string of the molecule is c1ccc2c(c1)Cc1cc3c(cc1-2)-c1c(ccc2c1c1cnccc1n1c4cccnc4nc21)C3. The molecule has 2 aliphatic carbocycles. The van der Waals surface area contributed by atoms with Crippen molar-refractivity contribution >= 4 is 38.5 Å². The van der Waals surface area contributed by atoms with Gasteiger partial charge in [0, 0.05) is 34.7 Å². The first-order valence-electron chi connectivity index (χ1n) is 12.0. The van der Waals surface area contributed by atoms with Crippen molar-refractivity contribution in [2.24, 2.45) is 0 Å². The third-order valence-electron chi connectivity index (χ3n) is 7.94. The molecule has 0 amide bonds. The number of benzene rings is 3. The maximum Gasteiger partial charge on any atom is 0.178 e. The summed E-state index contributed by atoms with van der Waals surface area (Å²) in [5.74, 6) is 0. The number of nitrogens with zero attached hydrogens (tertiary/aromatic N) is 4. The third kappa shape index (κ3) is 2.15. The van der Waals surface area contributed by atoms with E-state index in [1.807, 2.05) is 24.7 Å². The molecule has 0 unspecified atom stereocenters. The lowest BCUT2D eigenvalue weighted by Crippen LogP contribution is -1.94. The van der Waals surface area contributed by atoms with E-state index in [0.717, 1.165) is 45.9 Å². The molecule has 0 saturated heterocycles. The highest BCUT2D eigenvalue weighted by Crippen LogP contribution is 2.48. The van der Waals surface area contributed by atoms with Crippen molar-refractivity contribution in [2.75, 3.05) is 0 Å². The highest BCUT2D eigenvalue weighted by atomic mass is 15.1. The van der Waals surface area contributed by atoms with Gasteiger partial charge in [0.05, 0.1) is 11.0 Å². The molecule has 4 heteroatoms. The Kier molecular flexibility index (Phi) is 3.11. The van der Waals surface area contributed by atoms with Gasteiger partial charge in [-0.15, -0.1) is 0 Å². The third-order valence-corrected chi connectivity index (χ3v) is 7.94. The van der Waals surface area contributed by atoms with E-state index in [1.165, 1.54) is 49.9 Å². The first-order chi connectivity index (χ1) is 17.3. The van der Waals surface area contributed by atoms with Gasteiger partial charge < -0.3 is 0 Å². The second-order valence-corrected chi connectivity index (χ2v) is 9.71. The van der Waals surface area contributed by atoms with Gasteiger partial charge in [0.1, 0.15) is 5.65 Å². The van der Waals surface area contributed by atoms with Crippen LogP contribution in [0.2, 0.25) is 0 Å². The molecular formula is C31H18N4. The molecule has 9 rings (SSSR count). The average Bonchev–Trinajstić information content (AvgIpc) is 3.58. The number of fused-ring (bicyclic) bond motifs is 15. The normalized spacial score (nSPS) is 13.5. The minimum Gasteiger partial charge on any atom is -0.290 e. The summed E-state index contributed by atoms with van der Waals surface area (Å²) in [6.07, 6.45) is 7.69. The predicted molar refractivity (Wildman–Crippen MR) is 140 cm³/mol. The van der Waals surface area contributed by atoms with E-state index >= 15 is 0 Å². The van der Waals surface area contributed by atoms with Crippen LogP contribution in [0.25, 0.3) is 60.7 Å². The Labute approximate surface area is 200 Å². The molecule has 0 saturated carbocycles. The van der Waals surface area contributed by atoms with E-state index in [0.29, 0.717) is 0 Å². The molecule has 3 aromatic carbocycles. The minimum absolute atomic E-state index is 0.772. The van der Waals surface area contributed by atoms with Crippen LogP contribution in [0.4, 0.5) is 0 Å². The number of aromatic nitrogens is 4. The van der Waals surface area contributed by atoms with Crippen molar-refractivity contribution in [1.29, 1.82) is 0 Å². The Bertz CT molecular complexity index is 2070. The lowest BCUT2D eigenvalue weighted by atomic mass is 9.93. The van der Waals surface area contributed by atoms with Crippen LogP contribution in [-0.2, 0) is 12.8 Å². The van der Waals surface area contributed by atoms with Crippen LogP contribution in [0, 0.1) is 0 Å². The van der Waals surface area contributed by atoms with Crippen LogP contribution in [0.15, 0.2) is 85.3 Å². The van der Waals surface area contributed by atoms with E-state index in [4.69, 9.17) is 4.98 Å². The van der Waals surface area contributed by atoms with Crippen molar-refractivity contribution in [2.45, 2.75) is 12.8 Å². The molecule has 0 atom stereocenters. The molecule has 4 heterocycles. The van der Waals surface area contributed by atoms with Crippen LogP contribution in [0.1, 0.15) is 22.3 Å². The summed E-state index contributed by atoms with van der Waals surface area (Å²) in [7, 11) is 0. The first kappa shape index (κ1) is 17.8. The molecule has 0 fully saturated rings. The molecule has 4 nitrogen and oxygen atoms in total. The van der Waals surface area contributed by atoms with Gasteiger partial charge in [-0.2, -0.15) is 0 Å². The van der Waals surface area contributed by atoms with Crippen molar-refractivity contribution in [3.8, 4) is 22.3 Å². The summed E-state index contributed by atoms with van der Waals surface area (Å²) in [5, 5.41) is 3.55. The Morgan fingerprint density at radius 1 is 0.657 bits per heavy atom. The molecule has 0 spiro atoms. The molecule has 0 bridgehead atoms. The van der Waals surface area contributed by atoms with Crippen LogP contribution in [0.3, 0.4) is 0 Å². The Morgan fingerprint density at radius 2 is 1.57 bits per heavy atom. The van der Waals surface area contributed by atoms with Crippen LogP contribution in [0.5, 0.6) is 0 Å². The van der Waals surface area contributed by atoms with Crippen molar-refractivity contribution in [3.05, 3.63) is 108 Å². The van der Waals surface area contributed by atoms with Crippen molar-refractivity contribution in [1.82, 2.24) is 19.4 Å². The van der Waals surface area contributed by atoms with E-state index in [9.17, 15) is 0 Å². The summed E-state index contributed by atoms with van der Waals surface area (Å²) >= 11 is 0. The standard InChI is InChI=1S/C31H18N4/c1-2-5-21-17(4-1)12-19-14-20-13-18-7-8-22-29(28(18)24(20)15-23(19)21)25-16-32-11-9-26(25)35-27-6-3-10-33-30(27)34-31(22)35/h1-11,14-16H,12-13H2. The van der Waals surface area contributed by atoms with Crippen LogP contribution < -0.4 is 0 Å². The Morgan fingerprint density at radius 3 is 2.57 bits per heavy atom. The number of hydrogen-bond acceptors (Lipinski definition) is 3. The number of hydrogen-bond donors (Lipinski definition) is 0. The zero-order valence-corrected chi connectivity index (χ0v) is 18.8. The second-order valence-electron chi connectivity index (χ2n) is 9.71. The van der Waals surface area contributed by atoms with Gasteiger partial charge in [0.25, 0.3) is 0 Å². The summed E-state index contributed by atoms with van der Waals surface area (Å²) < 4.78 is 2.24. The molecule has 2 aliphatic rings. The van der Waals surface area contributed by atoms with Gasteiger partial charge in [-0.3, -0.25) is 9.38 Å². The Balaban J connectivity index is 1.46. The van der Waals surface area contributed by atoms with Gasteiger partial charge in [-0.25, -0.2) is 9.97 Å². The molecule has 35 heavy (non-hydrogen) atoms.